The predicted octanol–water partition coefficient (Wildman–Crippen LogP) is 4.46. The molecule has 19 heavy (non-hydrogen) atoms. The highest BCUT2D eigenvalue weighted by Gasteiger charge is 2.24. The molecule has 2 aromatic rings. The molecule has 3 rings (SSSR count). The zero-order chi connectivity index (χ0) is 13.2. The number of para-hydroxylation sites is 1. The second-order valence-electron chi connectivity index (χ2n) is 5.10. The Labute approximate surface area is 122 Å². The molecule has 0 aliphatic heterocycles. The van der Waals surface area contributed by atoms with Gasteiger partial charge in [0, 0.05) is 28.8 Å². The summed E-state index contributed by atoms with van der Waals surface area (Å²) >= 11 is 8.18. The fourth-order valence-corrected chi connectivity index (χ4v) is 3.87. The average molecular weight is 296 g/mol. The molecule has 1 aromatic heterocycles. The Kier molecular flexibility index (Phi) is 4.06. The van der Waals surface area contributed by atoms with Crippen LogP contribution in [0.5, 0.6) is 0 Å². The van der Waals surface area contributed by atoms with E-state index in [0.29, 0.717) is 11.3 Å². The van der Waals surface area contributed by atoms with E-state index in [0.717, 1.165) is 28.3 Å². The fourth-order valence-electron chi connectivity index (χ4n) is 2.82. The first-order valence-electron chi connectivity index (χ1n) is 6.70. The molecular weight excluding hydrogens is 278 g/mol. The molecule has 0 bridgehead atoms. The topological polar surface area (TPSA) is 25.2 Å². The molecule has 1 aliphatic rings. The third kappa shape index (κ3) is 2.78. The van der Waals surface area contributed by atoms with Gasteiger partial charge in [0.2, 0.25) is 0 Å². The van der Waals surface area contributed by atoms with Gasteiger partial charge in [-0.2, -0.15) is 11.8 Å². The van der Waals surface area contributed by atoms with Crippen molar-refractivity contribution in [2.75, 3.05) is 6.26 Å². The van der Waals surface area contributed by atoms with Gasteiger partial charge in [0.1, 0.15) is 5.58 Å². The van der Waals surface area contributed by atoms with Crippen LogP contribution in [0.4, 0.5) is 0 Å². The molecule has 0 amide bonds. The summed E-state index contributed by atoms with van der Waals surface area (Å²) in [6.07, 6.45) is 6.04. The lowest BCUT2D eigenvalue weighted by Gasteiger charge is -2.12. The van der Waals surface area contributed by atoms with Gasteiger partial charge in [-0.05, 0) is 43.2 Å². The SMILES string of the molecule is CSC1CCC(NCc2c(Cl)oc3ccccc23)C1. The second-order valence-corrected chi connectivity index (χ2v) is 6.58. The van der Waals surface area contributed by atoms with E-state index in [1.807, 2.05) is 30.0 Å². The Morgan fingerprint density at radius 2 is 2.21 bits per heavy atom. The standard InChI is InChI=1S/C15H18ClNOS/c1-19-11-7-6-10(8-11)17-9-13-12-4-2-3-5-14(12)18-15(13)16/h2-5,10-11,17H,6-9H2,1H3. The number of rotatable bonds is 4. The number of halogens is 1. The van der Waals surface area contributed by atoms with Gasteiger partial charge in [-0.15, -0.1) is 0 Å². The maximum absolute atomic E-state index is 6.20. The van der Waals surface area contributed by atoms with E-state index in [1.165, 1.54) is 19.3 Å². The van der Waals surface area contributed by atoms with Gasteiger partial charge >= 0.3 is 0 Å². The molecule has 2 atom stereocenters. The first-order chi connectivity index (χ1) is 9.28. The van der Waals surface area contributed by atoms with E-state index in [-0.39, 0.29) is 0 Å². The van der Waals surface area contributed by atoms with Gasteiger partial charge in [-0.1, -0.05) is 18.2 Å². The highest BCUT2D eigenvalue weighted by Crippen LogP contribution is 2.31. The molecule has 102 valence electrons. The molecule has 2 unspecified atom stereocenters. The molecule has 0 saturated heterocycles. The number of thioether (sulfide) groups is 1. The quantitative estimate of drug-likeness (QED) is 0.901. The number of benzene rings is 1. The Balaban J connectivity index is 1.70. The van der Waals surface area contributed by atoms with Crippen molar-refractivity contribution in [2.24, 2.45) is 0 Å². The van der Waals surface area contributed by atoms with Crippen LogP contribution in [-0.2, 0) is 6.54 Å². The highest BCUT2D eigenvalue weighted by molar-refractivity contribution is 7.99. The number of fused-ring (bicyclic) bond motifs is 1. The van der Waals surface area contributed by atoms with Gasteiger partial charge in [0.05, 0.1) is 0 Å². The van der Waals surface area contributed by atoms with E-state index in [4.69, 9.17) is 16.0 Å². The summed E-state index contributed by atoms with van der Waals surface area (Å²) < 4.78 is 5.58. The minimum absolute atomic E-state index is 0.521. The van der Waals surface area contributed by atoms with Crippen LogP contribution >= 0.6 is 23.4 Å². The molecule has 1 fully saturated rings. The lowest BCUT2D eigenvalue weighted by atomic mass is 10.1. The summed E-state index contributed by atoms with van der Waals surface area (Å²) in [4.78, 5) is 0. The molecule has 4 heteroatoms. The third-order valence-electron chi connectivity index (χ3n) is 3.93. The maximum Gasteiger partial charge on any atom is 0.199 e. The van der Waals surface area contributed by atoms with Crippen LogP contribution in [0, 0.1) is 0 Å². The summed E-state index contributed by atoms with van der Waals surface area (Å²) in [6, 6.07) is 8.64. The molecule has 1 heterocycles. The first-order valence-corrected chi connectivity index (χ1v) is 8.36. The Morgan fingerprint density at radius 1 is 1.37 bits per heavy atom. The monoisotopic (exact) mass is 295 g/mol. The van der Waals surface area contributed by atoms with Crippen molar-refractivity contribution in [3.05, 3.63) is 35.0 Å². The minimum atomic E-state index is 0.521. The maximum atomic E-state index is 6.20. The number of hydrogen-bond acceptors (Lipinski definition) is 3. The van der Waals surface area contributed by atoms with Gasteiger partial charge in [0.15, 0.2) is 5.22 Å². The van der Waals surface area contributed by atoms with E-state index in [9.17, 15) is 0 Å². The molecule has 1 N–H and O–H groups in total. The minimum Gasteiger partial charge on any atom is -0.444 e. The van der Waals surface area contributed by atoms with Crippen LogP contribution in [0.25, 0.3) is 11.0 Å². The molecule has 1 aliphatic carbocycles. The average Bonchev–Trinajstić information content (AvgIpc) is 3.00. The van der Waals surface area contributed by atoms with Crippen molar-refractivity contribution in [1.29, 1.82) is 0 Å². The van der Waals surface area contributed by atoms with Crippen molar-refractivity contribution >= 4 is 34.3 Å². The van der Waals surface area contributed by atoms with Gasteiger partial charge in [0.25, 0.3) is 0 Å². The smallest absolute Gasteiger partial charge is 0.199 e. The summed E-state index contributed by atoms with van der Waals surface area (Å²) in [5, 5.41) is 6.08. The number of nitrogens with one attached hydrogen (secondary N) is 1. The second kappa shape index (κ2) is 5.78. The van der Waals surface area contributed by atoms with Crippen LogP contribution in [0.1, 0.15) is 24.8 Å². The summed E-state index contributed by atoms with van der Waals surface area (Å²) in [5.41, 5.74) is 1.96. The molecule has 1 saturated carbocycles. The largest absolute Gasteiger partial charge is 0.444 e. The van der Waals surface area contributed by atoms with Crippen molar-refractivity contribution in [3.63, 3.8) is 0 Å². The number of hydrogen-bond donors (Lipinski definition) is 1. The van der Waals surface area contributed by atoms with Gasteiger partial charge in [-0.25, -0.2) is 0 Å². The zero-order valence-corrected chi connectivity index (χ0v) is 12.6. The normalized spacial score (nSPS) is 23.3. The Hall–Kier alpha value is -0.640. The van der Waals surface area contributed by atoms with Gasteiger partial charge in [-0.3, -0.25) is 0 Å². The van der Waals surface area contributed by atoms with E-state index in [2.05, 4.69) is 17.6 Å². The molecule has 0 radical (unpaired) electrons. The summed E-state index contributed by atoms with van der Waals surface area (Å²) in [5.74, 6) is 0. The van der Waals surface area contributed by atoms with Crippen molar-refractivity contribution in [2.45, 2.75) is 37.1 Å². The molecule has 1 aromatic carbocycles. The van der Waals surface area contributed by atoms with Crippen LogP contribution < -0.4 is 5.32 Å². The lowest BCUT2D eigenvalue weighted by molar-refractivity contribution is 0.521. The third-order valence-corrected chi connectivity index (χ3v) is 5.33. The molecular formula is C15H18ClNOS. The molecule has 2 nitrogen and oxygen atoms in total. The van der Waals surface area contributed by atoms with Crippen molar-refractivity contribution in [1.82, 2.24) is 5.32 Å². The zero-order valence-electron chi connectivity index (χ0n) is 11.0. The van der Waals surface area contributed by atoms with Gasteiger partial charge < -0.3 is 9.73 Å². The van der Waals surface area contributed by atoms with Crippen LogP contribution in [0.3, 0.4) is 0 Å². The Bertz CT molecular complexity index is 568. The van der Waals surface area contributed by atoms with Crippen molar-refractivity contribution < 1.29 is 4.42 Å². The van der Waals surface area contributed by atoms with E-state index in [1.54, 1.807) is 0 Å². The van der Waals surface area contributed by atoms with Crippen molar-refractivity contribution in [3.8, 4) is 0 Å². The van der Waals surface area contributed by atoms with Crippen LogP contribution in [0.2, 0.25) is 5.22 Å². The lowest BCUT2D eigenvalue weighted by Crippen LogP contribution is -2.26. The molecule has 0 spiro atoms. The highest BCUT2D eigenvalue weighted by atomic mass is 35.5. The van der Waals surface area contributed by atoms with Crippen LogP contribution in [-0.4, -0.2) is 17.5 Å². The van der Waals surface area contributed by atoms with E-state index >= 15 is 0 Å². The summed E-state index contributed by atoms with van der Waals surface area (Å²) in [7, 11) is 0. The number of furan rings is 1. The summed E-state index contributed by atoms with van der Waals surface area (Å²) in [6.45, 7) is 0.793. The first kappa shape index (κ1) is 13.3. The predicted molar refractivity (Wildman–Crippen MR) is 83.0 cm³/mol. The van der Waals surface area contributed by atoms with Crippen LogP contribution in [0.15, 0.2) is 28.7 Å². The van der Waals surface area contributed by atoms with E-state index < -0.39 is 0 Å². The Morgan fingerprint density at radius 3 is 3.00 bits per heavy atom. The fraction of sp³-hybridized carbons (Fsp3) is 0.467.